The third kappa shape index (κ3) is 4.84. The van der Waals surface area contributed by atoms with Gasteiger partial charge in [-0.15, -0.1) is 0 Å². The summed E-state index contributed by atoms with van der Waals surface area (Å²) in [6.45, 7) is 1.94. The van der Waals surface area contributed by atoms with Gasteiger partial charge in [-0.2, -0.15) is 0 Å². The van der Waals surface area contributed by atoms with Gasteiger partial charge in [0.15, 0.2) is 21.3 Å². The van der Waals surface area contributed by atoms with Crippen molar-refractivity contribution in [2.75, 3.05) is 14.2 Å². The minimum atomic E-state index is -3.74. The molecule has 1 aromatic rings. The summed E-state index contributed by atoms with van der Waals surface area (Å²) in [4.78, 5) is 11.5. The van der Waals surface area contributed by atoms with Crippen LogP contribution in [0.4, 0.5) is 0 Å². The van der Waals surface area contributed by atoms with Gasteiger partial charge in [-0.1, -0.05) is 19.8 Å². The molecule has 0 aliphatic heterocycles. The molecule has 8 heteroatoms. The van der Waals surface area contributed by atoms with Crippen LogP contribution < -0.4 is 15.0 Å². The molecule has 1 aromatic carbocycles. The number of sulfone groups is 1. The zero-order valence-corrected chi connectivity index (χ0v) is 14.4. The first-order valence-corrected chi connectivity index (χ1v) is 8.84. The lowest BCUT2D eigenvalue weighted by Crippen LogP contribution is -2.30. The van der Waals surface area contributed by atoms with Crippen LogP contribution in [-0.2, 0) is 14.6 Å². The summed E-state index contributed by atoms with van der Waals surface area (Å²) in [6.07, 6.45) is 1.50. The Bertz CT molecular complexity index is 629. The second kappa shape index (κ2) is 8.73. The Balaban J connectivity index is 3.19. The lowest BCUT2D eigenvalue weighted by molar-refractivity contribution is -0.129. The maximum Gasteiger partial charge on any atom is 0.244 e. The fraction of sp³-hybridized carbons (Fsp3) is 0.533. The number of ether oxygens (including phenoxy) is 2. The summed E-state index contributed by atoms with van der Waals surface area (Å²) in [5, 5.41) is 7.76. The van der Waals surface area contributed by atoms with Crippen LogP contribution in [0, 0.1) is 0 Å². The summed E-state index contributed by atoms with van der Waals surface area (Å²) in [5.74, 6) is -0.00533. The van der Waals surface area contributed by atoms with Crippen molar-refractivity contribution in [1.82, 2.24) is 5.48 Å². The van der Waals surface area contributed by atoms with Gasteiger partial charge in [0.25, 0.3) is 0 Å². The molecule has 1 rings (SSSR count). The molecule has 130 valence electrons. The van der Waals surface area contributed by atoms with Crippen molar-refractivity contribution in [2.45, 2.75) is 42.8 Å². The molecule has 0 radical (unpaired) electrons. The summed E-state index contributed by atoms with van der Waals surface area (Å²) >= 11 is 0. The van der Waals surface area contributed by atoms with Crippen molar-refractivity contribution in [2.24, 2.45) is 0 Å². The maximum absolute atomic E-state index is 12.8. The van der Waals surface area contributed by atoms with E-state index in [1.165, 1.54) is 37.9 Å². The van der Waals surface area contributed by atoms with Crippen LogP contribution in [0.2, 0.25) is 0 Å². The van der Waals surface area contributed by atoms with Crippen LogP contribution in [-0.4, -0.2) is 39.0 Å². The summed E-state index contributed by atoms with van der Waals surface area (Å²) in [5.41, 5.74) is 1.49. The van der Waals surface area contributed by atoms with Crippen LogP contribution in [0.25, 0.3) is 0 Å². The monoisotopic (exact) mass is 345 g/mol. The Kier molecular flexibility index (Phi) is 7.31. The molecular formula is C15H23NO6S. The standard InChI is InChI=1S/C15H23NO6S/c1-4-5-6-11(10-15(17)16-18)23(19,20)12-7-8-13(21-2)14(9-12)22-3/h7-9,11,18H,4-6,10H2,1-3H3,(H,16,17). The normalized spacial score (nSPS) is 12.5. The molecule has 0 saturated carbocycles. The van der Waals surface area contributed by atoms with E-state index in [-0.39, 0.29) is 11.3 Å². The SMILES string of the molecule is CCCCC(CC(=O)NO)S(=O)(=O)c1ccc(OC)c(OC)c1. The number of unbranched alkanes of at least 4 members (excludes halogenated alkanes) is 1. The first-order valence-electron chi connectivity index (χ1n) is 7.29. The largest absolute Gasteiger partial charge is 0.493 e. The number of nitrogens with one attached hydrogen (secondary N) is 1. The Labute approximate surface area is 136 Å². The Morgan fingerprint density at radius 1 is 1.26 bits per heavy atom. The highest BCUT2D eigenvalue weighted by Crippen LogP contribution is 2.32. The van der Waals surface area contributed by atoms with E-state index in [4.69, 9.17) is 14.7 Å². The van der Waals surface area contributed by atoms with Gasteiger partial charge in [0, 0.05) is 12.5 Å². The van der Waals surface area contributed by atoms with Crippen LogP contribution in [0.1, 0.15) is 32.6 Å². The smallest absolute Gasteiger partial charge is 0.244 e. The summed E-state index contributed by atoms with van der Waals surface area (Å²) in [6, 6.07) is 4.31. The predicted octanol–water partition coefficient (Wildman–Crippen LogP) is 1.93. The van der Waals surface area contributed by atoms with E-state index in [1.807, 2.05) is 6.92 Å². The second-order valence-electron chi connectivity index (χ2n) is 5.07. The average Bonchev–Trinajstić information content (AvgIpc) is 2.57. The minimum absolute atomic E-state index is 0.0574. The number of rotatable bonds is 9. The maximum atomic E-state index is 12.8. The molecule has 23 heavy (non-hydrogen) atoms. The van der Waals surface area contributed by atoms with Gasteiger partial charge >= 0.3 is 0 Å². The highest BCUT2D eigenvalue weighted by Gasteiger charge is 2.30. The molecule has 1 atom stereocenters. The second-order valence-corrected chi connectivity index (χ2v) is 7.29. The molecule has 1 amide bonds. The number of carbonyl (C=O) groups excluding carboxylic acids is 1. The van der Waals surface area contributed by atoms with E-state index in [9.17, 15) is 13.2 Å². The van der Waals surface area contributed by atoms with Gasteiger partial charge in [0.05, 0.1) is 24.4 Å². The Morgan fingerprint density at radius 3 is 2.43 bits per heavy atom. The van der Waals surface area contributed by atoms with E-state index in [1.54, 1.807) is 0 Å². The van der Waals surface area contributed by atoms with E-state index in [2.05, 4.69) is 0 Å². The molecule has 0 bridgehead atoms. The molecular weight excluding hydrogens is 322 g/mol. The highest BCUT2D eigenvalue weighted by molar-refractivity contribution is 7.92. The van der Waals surface area contributed by atoms with Crippen LogP contribution in [0.5, 0.6) is 11.5 Å². The van der Waals surface area contributed by atoms with E-state index in [0.717, 1.165) is 6.42 Å². The fourth-order valence-electron chi connectivity index (χ4n) is 2.24. The number of benzene rings is 1. The van der Waals surface area contributed by atoms with Crippen LogP contribution in [0.3, 0.4) is 0 Å². The number of hydroxylamine groups is 1. The van der Waals surface area contributed by atoms with Crippen molar-refractivity contribution in [3.8, 4) is 11.5 Å². The highest BCUT2D eigenvalue weighted by atomic mass is 32.2. The molecule has 1 unspecified atom stereocenters. The molecule has 0 aromatic heterocycles. The number of hydrogen-bond donors (Lipinski definition) is 2. The van der Waals surface area contributed by atoms with Gasteiger partial charge in [0.1, 0.15) is 0 Å². The molecule has 0 saturated heterocycles. The minimum Gasteiger partial charge on any atom is -0.493 e. The zero-order chi connectivity index (χ0) is 17.5. The Hall–Kier alpha value is -1.80. The number of hydrogen-bond acceptors (Lipinski definition) is 6. The van der Waals surface area contributed by atoms with Crippen molar-refractivity contribution >= 4 is 15.7 Å². The lowest BCUT2D eigenvalue weighted by Gasteiger charge is -2.17. The topological polar surface area (TPSA) is 102 Å². The summed E-state index contributed by atoms with van der Waals surface area (Å²) in [7, 11) is -0.865. The van der Waals surface area contributed by atoms with Gasteiger partial charge in [-0.25, -0.2) is 13.9 Å². The molecule has 0 spiro atoms. The van der Waals surface area contributed by atoms with E-state index in [0.29, 0.717) is 24.3 Å². The molecule has 0 aliphatic rings. The quantitative estimate of drug-likeness (QED) is 0.524. The van der Waals surface area contributed by atoms with Gasteiger partial charge in [-0.05, 0) is 18.6 Å². The van der Waals surface area contributed by atoms with Crippen molar-refractivity contribution in [3.05, 3.63) is 18.2 Å². The van der Waals surface area contributed by atoms with Crippen LogP contribution in [0.15, 0.2) is 23.1 Å². The third-order valence-corrected chi connectivity index (χ3v) is 5.73. The van der Waals surface area contributed by atoms with Gasteiger partial charge in [-0.3, -0.25) is 10.0 Å². The predicted molar refractivity (Wildman–Crippen MR) is 84.6 cm³/mol. The van der Waals surface area contributed by atoms with Crippen molar-refractivity contribution in [3.63, 3.8) is 0 Å². The third-order valence-electron chi connectivity index (χ3n) is 3.54. The number of amides is 1. The molecule has 2 N–H and O–H groups in total. The summed E-state index contributed by atoms with van der Waals surface area (Å²) < 4.78 is 35.8. The first kappa shape index (κ1) is 19.2. The average molecular weight is 345 g/mol. The Morgan fingerprint density at radius 2 is 1.91 bits per heavy atom. The first-order chi connectivity index (χ1) is 10.9. The van der Waals surface area contributed by atoms with Gasteiger partial charge in [0.2, 0.25) is 5.91 Å². The molecule has 0 heterocycles. The van der Waals surface area contributed by atoms with E-state index < -0.39 is 21.0 Å². The van der Waals surface area contributed by atoms with E-state index >= 15 is 0 Å². The number of carbonyl (C=O) groups is 1. The molecule has 7 nitrogen and oxygen atoms in total. The van der Waals surface area contributed by atoms with Gasteiger partial charge < -0.3 is 9.47 Å². The van der Waals surface area contributed by atoms with Crippen molar-refractivity contribution in [1.29, 1.82) is 0 Å². The van der Waals surface area contributed by atoms with Crippen LogP contribution >= 0.6 is 0 Å². The number of methoxy groups -OCH3 is 2. The fourth-order valence-corrected chi connectivity index (χ4v) is 4.00. The van der Waals surface area contributed by atoms with Crippen molar-refractivity contribution < 1.29 is 27.9 Å². The zero-order valence-electron chi connectivity index (χ0n) is 13.5. The molecule has 0 fully saturated rings. The lowest BCUT2D eigenvalue weighted by atomic mass is 10.1. The molecule has 0 aliphatic carbocycles.